The van der Waals surface area contributed by atoms with Crippen molar-refractivity contribution in [2.24, 2.45) is 0 Å². The topological polar surface area (TPSA) is 76.8 Å². The number of ether oxygens (including phenoxy) is 2. The van der Waals surface area contributed by atoms with Gasteiger partial charge in [-0.3, -0.25) is 4.79 Å². The van der Waals surface area contributed by atoms with Crippen molar-refractivity contribution in [2.75, 3.05) is 14.1 Å². The van der Waals surface area contributed by atoms with Crippen LogP contribution in [-0.4, -0.2) is 39.3 Å². The maximum Gasteiger partial charge on any atom is 0.258 e. The van der Waals surface area contributed by atoms with Crippen LogP contribution in [0.5, 0.6) is 5.75 Å². The highest BCUT2D eigenvalue weighted by atomic mass is 16.6. The summed E-state index contributed by atoms with van der Waals surface area (Å²) in [7, 11) is 4.02. The molecule has 0 saturated carbocycles. The summed E-state index contributed by atoms with van der Waals surface area (Å²) in [6, 6.07) is 7.30. The quantitative estimate of drug-likeness (QED) is 0.463. The minimum atomic E-state index is -0.918. The SMILES string of the molecule is C=C1OCc2c(cc3n(c2=O)Cc2c-3nc3ccc(O)cc3c2CN(C)C)[C@]1(CC)OC(C)(C)C. The van der Waals surface area contributed by atoms with E-state index < -0.39 is 11.2 Å². The fourth-order valence-electron chi connectivity index (χ4n) is 5.46. The number of phenolic OH excluding ortho intramolecular Hbond substituents is 1. The van der Waals surface area contributed by atoms with Gasteiger partial charge in [0.25, 0.3) is 5.56 Å². The zero-order valence-electron chi connectivity index (χ0n) is 21.4. The molecule has 3 aromatic rings. The third-order valence-electron chi connectivity index (χ3n) is 6.88. The van der Waals surface area contributed by atoms with E-state index in [4.69, 9.17) is 14.5 Å². The van der Waals surface area contributed by atoms with Gasteiger partial charge < -0.3 is 24.0 Å². The molecule has 1 atom stereocenters. The molecule has 5 rings (SSSR count). The van der Waals surface area contributed by atoms with Gasteiger partial charge in [0.05, 0.1) is 34.6 Å². The number of hydrogen-bond acceptors (Lipinski definition) is 6. The largest absolute Gasteiger partial charge is 0.508 e. The average molecular weight is 476 g/mol. The number of fused-ring (bicyclic) bond motifs is 5. The second-order valence-corrected chi connectivity index (χ2v) is 10.8. The van der Waals surface area contributed by atoms with Crippen molar-refractivity contribution >= 4 is 10.9 Å². The van der Waals surface area contributed by atoms with Gasteiger partial charge in [0.15, 0.2) is 5.60 Å². The molecule has 2 aliphatic heterocycles. The lowest BCUT2D eigenvalue weighted by Crippen LogP contribution is -2.44. The molecule has 7 nitrogen and oxygen atoms in total. The predicted molar refractivity (Wildman–Crippen MR) is 136 cm³/mol. The molecule has 2 aromatic heterocycles. The summed E-state index contributed by atoms with van der Waals surface area (Å²) in [4.78, 5) is 20.9. The molecule has 2 aliphatic rings. The molecule has 4 heterocycles. The van der Waals surface area contributed by atoms with E-state index in [0.717, 1.165) is 39.0 Å². The molecule has 7 heteroatoms. The highest BCUT2D eigenvalue weighted by Gasteiger charge is 2.46. The lowest BCUT2D eigenvalue weighted by Gasteiger charge is -2.43. The van der Waals surface area contributed by atoms with Crippen molar-refractivity contribution in [3.63, 3.8) is 0 Å². The molecule has 184 valence electrons. The first-order chi connectivity index (χ1) is 16.4. The first kappa shape index (κ1) is 23.6. The number of phenols is 1. The van der Waals surface area contributed by atoms with Crippen LogP contribution in [0.25, 0.3) is 22.3 Å². The molecule has 0 radical (unpaired) electrons. The van der Waals surface area contributed by atoms with Gasteiger partial charge >= 0.3 is 0 Å². The fraction of sp³-hybridized carbons (Fsp3) is 0.429. The smallest absolute Gasteiger partial charge is 0.258 e. The van der Waals surface area contributed by atoms with E-state index in [9.17, 15) is 9.90 Å². The number of aromatic hydroxyl groups is 1. The van der Waals surface area contributed by atoms with E-state index in [2.05, 4.69) is 17.5 Å². The summed E-state index contributed by atoms with van der Waals surface area (Å²) >= 11 is 0. The number of hydrogen-bond donors (Lipinski definition) is 1. The second kappa shape index (κ2) is 7.93. The summed E-state index contributed by atoms with van der Waals surface area (Å²) in [6.07, 6.45) is 0.585. The lowest BCUT2D eigenvalue weighted by atomic mass is 9.83. The molecule has 35 heavy (non-hydrogen) atoms. The van der Waals surface area contributed by atoms with Crippen LogP contribution in [-0.2, 0) is 34.8 Å². The van der Waals surface area contributed by atoms with E-state index in [-0.39, 0.29) is 17.9 Å². The summed E-state index contributed by atoms with van der Waals surface area (Å²) in [5, 5.41) is 11.1. The van der Waals surface area contributed by atoms with Crippen LogP contribution >= 0.6 is 0 Å². The number of benzene rings is 1. The van der Waals surface area contributed by atoms with E-state index >= 15 is 0 Å². The monoisotopic (exact) mass is 475 g/mol. The molecule has 0 unspecified atom stereocenters. The maximum atomic E-state index is 13.9. The number of pyridine rings is 2. The Balaban J connectivity index is 1.80. The van der Waals surface area contributed by atoms with Gasteiger partial charge in [-0.05, 0) is 71.1 Å². The first-order valence-corrected chi connectivity index (χ1v) is 12.0. The molecule has 0 amide bonds. The van der Waals surface area contributed by atoms with Crippen LogP contribution < -0.4 is 5.56 Å². The van der Waals surface area contributed by atoms with Crippen molar-refractivity contribution < 1.29 is 14.6 Å². The molecule has 0 fully saturated rings. The highest BCUT2D eigenvalue weighted by Crippen LogP contribution is 2.47. The standard InChI is InChI=1S/C28H33N3O4/c1-8-28(35-27(3,4)5)16(2)34-15-21-22(28)12-24-25-20(14-31(24)26(21)33)19(13-30(6)7)18-11-17(32)9-10-23(18)29-25/h9-12,32H,2,8,13-15H2,1,3-7H3/t28-/m1/s1. The Morgan fingerprint density at radius 1 is 1.26 bits per heavy atom. The fourth-order valence-corrected chi connectivity index (χ4v) is 5.46. The van der Waals surface area contributed by atoms with Gasteiger partial charge in [0.2, 0.25) is 0 Å². The van der Waals surface area contributed by atoms with Crippen LogP contribution in [0.15, 0.2) is 41.4 Å². The Labute approximate surface area is 205 Å². The predicted octanol–water partition coefficient (Wildman–Crippen LogP) is 4.66. The van der Waals surface area contributed by atoms with Crippen LogP contribution in [0.1, 0.15) is 56.4 Å². The van der Waals surface area contributed by atoms with Crippen LogP contribution in [0.2, 0.25) is 0 Å². The lowest BCUT2D eigenvalue weighted by molar-refractivity contribution is -0.149. The minimum Gasteiger partial charge on any atom is -0.508 e. The van der Waals surface area contributed by atoms with Gasteiger partial charge in [-0.15, -0.1) is 0 Å². The van der Waals surface area contributed by atoms with Crippen molar-refractivity contribution in [3.8, 4) is 17.1 Å². The van der Waals surface area contributed by atoms with Crippen LogP contribution in [0.3, 0.4) is 0 Å². The van der Waals surface area contributed by atoms with Crippen molar-refractivity contribution in [3.05, 3.63) is 69.2 Å². The van der Waals surface area contributed by atoms with Crippen LogP contribution in [0.4, 0.5) is 0 Å². The van der Waals surface area contributed by atoms with E-state index in [1.54, 1.807) is 16.7 Å². The van der Waals surface area contributed by atoms with Crippen LogP contribution in [0, 0.1) is 0 Å². The molecule has 1 N–H and O–H groups in total. The number of nitrogens with zero attached hydrogens (tertiary/aromatic N) is 3. The molecular weight excluding hydrogens is 442 g/mol. The highest BCUT2D eigenvalue weighted by molar-refractivity contribution is 5.89. The Kier molecular flexibility index (Phi) is 5.34. The van der Waals surface area contributed by atoms with Gasteiger partial charge in [0, 0.05) is 23.1 Å². The van der Waals surface area contributed by atoms with Crippen molar-refractivity contribution in [1.29, 1.82) is 0 Å². The first-order valence-electron chi connectivity index (χ1n) is 12.0. The molecular formula is C28H33N3O4. The Hall–Kier alpha value is -3.16. The van der Waals surface area contributed by atoms with E-state index in [1.165, 1.54) is 0 Å². The van der Waals surface area contributed by atoms with Gasteiger partial charge in [-0.25, -0.2) is 4.98 Å². The summed E-state index contributed by atoms with van der Waals surface area (Å²) in [5.41, 5.74) is 4.40. The summed E-state index contributed by atoms with van der Waals surface area (Å²) in [6.45, 7) is 13.5. The third kappa shape index (κ3) is 3.65. The Bertz CT molecular complexity index is 1430. The van der Waals surface area contributed by atoms with Gasteiger partial charge in [-0.2, -0.15) is 0 Å². The third-order valence-corrected chi connectivity index (χ3v) is 6.88. The normalized spacial score (nSPS) is 19.0. The summed E-state index contributed by atoms with van der Waals surface area (Å²) in [5.74, 6) is 0.727. The molecule has 0 spiro atoms. The molecule has 1 aromatic carbocycles. The molecule has 0 bridgehead atoms. The van der Waals surface area contributed by atoms with Gasteiger partial charge in [0.1, 0.15) is 18.1 Å². The van der Waals surface area contributed by atoms with Gasteiger partial charge in [-0.1, -0.05) is 13.5 Å². The zero-order valence-corrected chi connectivity index (χ0v) is 21.4. The Morgan fingerprint density at radius 3 is 2.66 bits per heavy atom. The van der Waals surface area contributed by atoms with E-state index in [1.807, 2.05) is 47.9 Å². The minimum absolute atomic E-state index is 0.0824. The zero-order chi connectivity index (χ0) is 25.3. The average Bonchev–Trinajstić information content (AvgIpc) is 3.14. The molecule has 0 saturated heterocycles. The summed E-state index contributed by atoms with van der Waals surface area (Å²) < 4.78 is 14.3. The molecule has 0 aliphatic carbocycles. The van der Waals surface area contributed by atoms with Crippen molar-refractivity contribution in [1.82, 2.24) is 14.5 Å². The Morgan fingerprint density at radius 2 is 2.00 bits per heavy atom. The maximum absolute atomic E-state index is 13.9. The second-order valence-electron chi connectivity index (χ2n) is 10.8. The number of aromatic nitrogens is 2. The van der Waals surface area contributed by atoms with E-state index in [0.29, 0.717) is 30.8 Å². The van der Waals surface area contributed by atoms with Crippen molar-refractivity contribution in [2.45, 2.75) is 65.0 Å². The number of rotatable bonds is 4.